The second-order valence-electron chi connectivity index (χ2n) is 6.14. The molecule has 0 aromatic heterocycles. The van der Waals surface area contributed by atoms with E-state index in [9.17, 15) is 8.42 Å². The van der Waals surface area contributed by atoms with Gasteiger partial charge in [0.1, 0.15) is 0 Å². The van der Waals surface area contributed by atoms with Crippen molar-refractivity contribution in [3.63, 3.8) is 0 Å². The van der Waals surface area contributed by atoms with E-state index in [0.29, 0.717) is 0 Å². The molecule has 2 atom stereocenters. The first kappa shape index (κ1) is 21.8. The molecule has 1 rings (SSSR count). The molecule has 0 aliphatic carbocycles. The Balaban J connectivity index is 0.000000534. The number of likely N-dealkylation sites (tertiary alicyclic amines) is 1. The Morgan fingerprint density at radius 1 is 1.09 bits per heavy atom. The summed E-state index contributed by atoms with van der Waals surface area (Å²) in [4.78, 5) is 2.69. The molecule has 0 aromatic carbocycles. The third kappa shape index (κ3) is 11.4. The standard InChI is InChI=1S/C14H29N.C2H6O4S/c1-4-5-6-7-8-9-11-15-12-10-13(2)14(15)3;1-2-6-7(3,4)5/h13-14H,4-12H2,1-3H3;2H2,1H3,(H,3,4,5). The van der Waals surface area contributed by atoms with Crippen molar-refractivity contribution >= 4 is 10.4 Å². The molecular formula is C16H35NO4S. The average Bonchev–Trinajstić information content (AvgIpc) is 2.74. The highest BCUT2D eigenvalue weighted by Gasteiger charge is 2.26. The van der Waals surface area contributed by atoms with Crippen molar-refractivity contribution in [1.29, 1.82) is 0 Å². The van der Waals surface area contributed by atoms with Crippen LogP contribution in [0.4, 0.5) is 0 Å². The van der Waals surface area contributed by atoms with Gasteiger partial charge in [0, 0.05) is 6.04 Å². The lowest BCUT2D eigenvalue weighted by Crippen LogP contribution is -2.30. The van der Waals surface area contributed by atoms with Gasteiger partial charge in [-0.3, -0.25) is 4.55 Å². The van der Waals surface area contributed by atoms with E-state index in [1.54, 1.807) is 0 Å². The van der Waals surface area contributed by atoms with Gasteiger partial charge >= 0.3 is 10.4 Å². The summed E-state index contributed by atoms with van der Waals surface area (Å²) in [6.07, 6.45) is 9.96. The van der Waals surface area contributed by atoms with Gasteiger partial charge in [-0.1, -0.05) is 46.0 Å². The van der Waals surface area contributed by atoms with E-state index >= 15 is 0 Å². The highest BCUT2D eigenvalue weighted by atomic mass is 32.3. The van der Waals surface area contributed by atoms with Crippen LogP contribution in [0, 0.1) is 5.92 Å². The zero-order valence-electron chi connectivity index (χ0n) is 14.8. The molecule has 5 nitrogen and oxygen atoms in total. The molecule has 1 heterocycles. The summed E-state index contributed by atoms with van der Waals surface area (Å²) < 4.78 is 30.7. The molecule has 6 heteroatoms. The molecule has 134 valence electrons. The van der Waals surface area contributed by atoms with Crippen LogP contribution >= 0.6 is 0 Å². The quantitative estimate of drug-likeness (QED) is 0.510. The molecule has 1 aliphatic rings. The minimum Gasteiger partial charge on any atom is -0.300 e. The first-order valence-corrected chi connectivity index (χ1v) is 10.0. The molecule has 1 fully saturated rings. The smallest absolute Gasteiger partial charge is 0.300 e. The Kier molecular flexibility index (Phi) is 12.2. The lowest BCUT2D eigenvalue weighted by Gasteiger charge is -2.22. The first-order chi connectivity index (χ1) is 10.3. The highest BCUT2D eigenvalue weighted by molar-refractivity contribution is 7.80. The topological polar surface area (TPSA) is 66.8 Å². The van der Waals surface area contributed by atoms with Gasteiger partial charge in [0.15, 0.2) is 0 Å². The van der Waals surface area contributed by atoms with Crippen LogP contribution in [0.1, 0.15) is 72.6 Å². The van der Waals surface area contributed by atoms with Gasteiger partial charge in [-0.25, -0.2) is 4.18 Å². The van der Waals surface area contributed by atoms with E-state index in [1.165, 1.54) is 65.0 Å². The minimum absolute atomic E-state index is 0.0289. The summed E-state index contributed by atoms with van der Waals surface area (Å²) in [5, 5.41) is 0. The molecule has 0 radical (unpaired) electrons. The summed E-state index contributed by atoms with van der Waals surface area (Å²) in [5.74, 6) is 0.921. The fourth-order valence-corrected chi connectivity index (χ4v) is 3.03. The lowest BCUT2D eigenvalue weighted by atomic mass is 10.1. The molecule has 2 unspecified atom stereocenters. The minimum atomic E-state index is -4.17. The van der Waals surface area contributed by atoms with Crippen LogP contribution in [0.5, 0.6) is 0 Å². The molecule has 1 aliphatic heterocycles. The molecule has 22 heavy (non-hydrogen) atoms. The van der Waals surface area contributed by atoms with Crippen molar-refractivity contribution in [3.8, 4) is 0 Å². The summed E-state index contributed by atoms with van der Waals surface area (Å²) in [6, 6.07) is 0.834. The zero-order chi connectivity index (χ0) is 17.0. The van der Waals surface area contributed by atoms with E-state index < -0.39 is 10.4 Å². The van der Waals surface area contributed by atoms with Crippen LogP contribution in [-0.4, -0.2) is 43.6 Å². The Labute approximate surface area is 137 Å². The van der Waals surface area contributed by atoms with Crippen LogP contribution in [0.15, 0.2) is 0 Å². The lowest BCUT2D eigenvalue weighted by molar-refractivity contribution is 0.242. The van der Waals surface area contributed by atoms with Crippen LogP contribution in [0.25, 0.3) is 0 Å². The van der Waals surface area contributed by atoms with Crippen LogP contribution in [-0.2, 0) is 14.6 Å². The van der Waals surface area contributed by atoms with Gasteiger partial charge < -0.3 is 4.90 Å². The maximum atomic E-state index is 9.56. The number of nitrogens with zero attached hydrogens (tertiary/aromatic N) is 1. The first-order valence-electron chi connectivity index (χ1n) is 8.67. The van der Waals surface area contributed by atoms with Crippen LogP contribution in [0.2, 0.25) is 0 Å². The molecule has 1 saturated heterocycles. The Morgan fingerprint density at radius 3 is 2.09 bits per heavy atom. The van der Waals surface area contributed by atoms with Crippen molar-refractivity contribution in [2.75, 3.05) is 19.7 Å². The molecule has 0 spiro atoms. The highest BCUT2D eigenvalue weighted by Crippen LogP contribution is 2.23. The van der Waals surface area contributed by atoms with Crippen molar-refractivity contribution in [1.82, 2.24) is 4.90 Å². The second kappa shape index (κ2) is 12.3. The molecule has 0 saturated carbocycles. The Bertz CT molecular complexity index is 359. The monoisotopic (exact) mass is 337 g/mol. The summed E-state index contributed by atoms with van der Waals surface area (Å²) >= 11 is 0. The van der Waals surface area contributed by atoms with E-state index in [4.69, 9.17) is 4.55 Å². The fraction of sp³-hybridized carbons (Fsp3) is 1.00. The van der Waals surface area contributed by atoms with E-state index in [2.05, 4.69) is 29.9 Å². The summed E-state index contributed by atoms with van der Waals surface area (Å²) in [6.45, 7) is 11.2. The van der Waals surface area contributed by atoms with Gasteiger partial charge in [-0.2, -0.15) is 8.42 Å². The summed E-state index contributed by atoms with van der Waals surface area (Å²) in [7, 11) is -4.17. The number of hydrogen-bond donors (Lipinski definition) is 1. The molecule has 0 aromatic rings. The predicted molar refractivity (Wildman–Crippen MR) is 91.4 cm³/mol. The zero-order valence-corrected chi connectivity index (χ0v) is 15.6. The normalized spacial score (nSPS) is 22.4. The van der Waals surface area contributed by atoms with Crippen LogP contribution in [0.3, 0.4) is 0 Å². The third-order valence-corrected chi connectivity index (χ3v) is 4.87. The van der Waals surface area contributed by atoms with E-state index in [1.807, 2.05) is 0 Å². The van der Waals surface area contributed by atoms with E-state index in [0.717, 1.165) is 12.0 Å². The average molecular weight is 338 g/mol. The van der Waals surface area contributed by atoms with Crippen LogP contribution < -0.4 is 0 Å². The fourth-order valence-electron chi connectivity index (χ4n) is 2.73. The molecule has 0 amide bonds. The number of rotatable bonds is 9. The largest absolute Gasteiger partial charge is 0.397 e. The van der Waals surface area contributed by atoms with Gasteiger partial charge in [-0.15, -0.1) is 0 Å². The SMILES string of the molecule is CCCCCCCCN1CCC(C)C1C.CCOS(=O)(=O)O. The Hall–Kier alpha value is -0.170. The van der Waals surface area contributed by atoms with Crippen molar-refractivity contribution < 1.29 is 17.2 Å². The number of unbranched alkanes of at least 4 members (excludes halogenated alkanes) is 5. The summed E-state index contributed by atoms with van der Waals surface area (Å²) in [5.41, 5.74) is 0. The second-order valence-corrected chi connectivity index (χ2v) is 7.24. The van der Waals surface area contributed by atoms with Crippen molar-refractivity contribution in [3.05, 3.63) is 0 Å². The number of hydrogen-bond acceptors (Lipinski definition) is 4. The van der Waals surface area contributed by atoms with Gasteiger partial charge in [0.2, 0.25) is 0 Å². The molecule has 1 N–H and O–H groups in total. The van der Waals surface area contributed by atoms with Gasteiger partial charge in [0.05, 0.1) is 6.61 Å². The van der Waals surface area contributed by atoms with Crippen molar-refractivity contribution in [2.45, 2.75) is 78.7 Å². The van der Waals surface area contributed by atoms with E-state index in [-0.39, 0.29) is 6.61 Å². The third-order valence-electron chi connectivity index (χ3n) is 4.34. The Morgan fingerprint density at radius 2 is 1.68 bits per heavy atom. The molecule has 0 bridgehead atoms. The maximum Gasteiger partial charge on any atom is 0.397 e. The molecular weight excluding hydrogens is 302 g/mol. The maximum absolute atomic E-state index is 9.56. The van der Waals surface area contributed by atoms with Gasteiger partial charge in [0.25, 0.3) is 0 Å². The predicted octanol–water partition coefficient (Wildman–Crippen LogP) is 3.90. The van der Waals surface area contributed by atoms with Crippen molar-refractivity contribution in [2.24, 2.45) is 5.92 Å². The van der Waals surface area contributed by atoms with Gasteiger partial charge in [-0.05, 0) is 45.7 Å².